The highest BCUT2D eigenvalue weighted by molar-refractivity contribution is 5.77. The largest absolute Gasteiger partial charge is 0.468 e. The number of nitrogens with one attached hydrogen (secondary N) is 1. The van der Waals surface area contributed by atoms with E-state index in [1.807, 2.05) is 0 Å². The first-order valence-electron chi connectivity index (χ1n) is 5.73. The number of esters is 1. The van der Waals surface area contributed by atoms with Crippen molar-refractivity contribution in [1.29, 1.82) is 0 Å². The van der Waals surface area contributed by atoms with E-state index in [0.717, 1.165) is 6.54 Å². The van der Waals surface area contributed by atoms with Gasteiger partial charge in [-0.05, 0) is 36.1 Å². The molecule has 1 N–H and O–H groups in total. The second-order valence-electron chi connectivity index (χ2n) is 5.05. The highest BCUT2D eigenvalue weighted by atomic mass is 16.5. The third-order valence-electron chi connectivity index (χ3n) is 4.62. The first kappa shape index (κ1) is 9.40. The first-order valence-corrected chi connectivity index (χ1v) is 5.73. The van der Waals surface area contributed by atoms with E-state index in [0.29, 0.717) is 29.6 Å². The van der Waals surface area contributed by atoms with Gasteiger partial charge in [0.25, 0.3) is 0 Å². The number of hydrogen-bond donors (Lipinski definition) is 1. The van der Waals surface area contributed by atoms with Crippen LogP contribution < -0.4 is 5.32 Å². The zero-order chi connectivity index (χ0) is 10.6. The maximum absolute atomic E-state index is 11.6. The summed E-state index contributed by atoms with van der Waals surface area (Å²) in [7, 11) is 1.48. The lowest BCUT2D eigenvalue weighted by atomic mass is 9.82. The predicted octanol–water partition coefficient (Wildman–Crippen LogP) is 0.815. The number of carbonyl (C=O) groups excluding carboxylic acids is 1. The summed E-state index contributed by atoms with van der Waals surface area (Å²) in [6.07, 6.45) is 4.65. The number of carbonyl (C=O) groups is 1. The van der Waals surface area contributed by atoms with Gasteiger partial charge >= 0.3 is 5.97 Å². The molecule has 0 radical (unpaired) electrons. The van der Waals surface area contributed by atoms with Gasteiger partial charge < -0.3 is 10.1 Å². The molecule has 0 spiro atoms. The second-order valence-corrected chi connectivity index (χ2v) is 5.05. The van der Waals surface area contributed by atoms with E-state index < -0.39 is 0 Å². The highest BCUT2D eigenvalue weighted by Crippen LogP contribution is 2.54. The quantitative estimate of drug-likeness (QED) is 0.511. The zero-order valence-electron chi connectivity index (χ0n) is 9.14. The number of allylic oxidation sites excluding steroid dienone is 2. The van der Waals surface area contributed by atoms with Crippen LogP contribution in [0, 0.1) is 29.6 Å². The Kier molecular flexibility index (Phi) is 1.93. The normalized spacial score (nSPS) is 50.8. The van der Waals surface area contributed by atoms with Gasteiger partial charge in [0.1, 0.15) is 6.04 Å². The summed E-state index contributed by atoms with van der Waals surface area (Å²) in [6.45, 7) is 3.28. The molecule has 0 aromatic rings. The van der Waals surface area contributed by atoms with Crippen LogP contribution in [0.15, 0.2) is 12.2 Å². The number of ether oxygens (including phenoxy) is 1. The molecular weight excluding hydrogens is 190 g/mol. The molecule has 0 amide bonds. The molecule has 1 heterocycles. The second kappa shape index (κ2) is 3.08. The van der Waals surface area contributed by atoms with Gasteiger partial charge in [-0.2, -0.15) is 0 Å². The van der Waals surface area contributed by atoms with Crippen molar-refractivity contribution in [3.63, 3.8) is 0 Å². The van der Waals surface area contributed by atoms with Crippen LogP contribution in [0.25, 0.3) is 0 Å². The third kappa shape index (κ3) is 1.07. The predicted molar refractivity (Wildman–Crippen MR) is 56.1 cm³/mol. The lowest BCUT2D eigenvalue weighted by Crippen LogP contribution is -2.39. The minimum Gasteiger partial charge on any atom is -0.468 e. The molecule has 2 unspecified atom stereocenters. The van der Waals surface area contributed by atoms with E-state index in [4.69, 9.17) is 4.74 Å². The topological polar surface area (TPSA) is 38.3 Å². The summed E-state index contributed by atoms with van der Waals surface area (Å²) in [5, 5.41) is 3.32. The van der Waals surface area contributed by atoms with Gasteiger partial charge in [-0.3, -0.25) is 4.79 Å². The van der Waals surface area contributed by atoms with Gasteiger partial charge in [0.05, 0.1) is 7.11 Å². The van der Waals surface area contributed by atoms with E-state index in [2.05, 4.69) is 24.4 Å². The molecule has 6 atom stereocenters. The molecule has 1 saturated carbocycles. The van der Waals surface area contributed by atoms with E-state index in [-0.39, 0.29) is 12.0 Å². The highest BCUT2D eigenvalue weighted by Gasteiger charge is 2.56. The summed E-state index contributed by atoms with van der Waals surface area (Å²) < 4.78 is 4.86. The molecule has 3 heteroatoms. The van der Waals surface area contributed by atoms with Crippen LogP contribution in [0.3, 0.4) is 0 Å². The molecule has 2 aliphatic carbocycles. The van der Waals surface area contributed by atoms with Crippen molar-refractivity contribution >= 4 is 5.97 Å². The summed E-state index contributed by atoms with van der Waals surface area (Å²) in [5.41, 5.74) is 0. The van der Waals surface area contributed by atoms with Gasteiger partial charge in [0.2, 0.25) is 0 Å². The van der Waals surface area contributed by atoms with E-state index in [9.17, 15) is 4.79 Å². The average molecular weight is 207 g/mol. The molecular formula is C12H17NO2. The Bertz CT molecular complexity index is 326. The summed E-state index contributed by atoms with van der Waals surface area (Å²) in [4.78, 5) is 11.6. The third-order valence-corrected chi connectivity index (χ3v) is 4.62. The Balaban J connectivity index is 1.88. The maximum atomic E-state index is 11.6. The SMILES string of the molecule is COC(=O)[C@H]1NC[C@@H]2C3C=CC([C@H]3C)[C@H]12. The van der Waals surface area contributed by atoms with Crippen LogP contribution in [0.4, 0.5) is 0 Å². The van der Waals surface area contributed by atoms with Gasteiger partial charge in [-0.1, -0.05) is 19.1 Å². The van der Waals surface area contributed by atoms with Crippen molar-refractivity contribution in [2.45, 2.75) is 13.0 Å². The smallest absolute Gasteiger partial charge is 0.323 e. The lowest BCUT2D eigenvalue weighted by Gasteiger charge is -2.23. The van der Waals surface area contributed by atoms with Gasteiger partial charge in [-0.25, -0.2) is 0 Å². The van der Waals surface area contributed by atoms with Crippen LogP contribution in [0.1, 0.15) is 6.92 Å². The van der Waals surface area contributed by atoms with E-state index in [1.54, 1.807) is 0 Å². The molecule has 82 valence electrons. The average Bonchev–Trinajstić information content (AvgIpc) is 2.88. The number of rotatable bonds is 1. The minimum atomic E-state index is -0.0874. The fourth-order valence-electron chi connectivity index (χ4n) is 3.93. The van der Waals surface area contributed by atoms with E-state index in [1.165, 1.54) is 7.11 Å². The molecule has 0 aromatic carbocycles. The van der Waals surface area contributed by atoms with Crippen LogP contribution in [0.2, 0.25) is 0 Å². The standard InChI is InChI=1S/C12H17NO2/c1-6-7-3-4-8(6)10-9(7)5-13-11(10)12(14)15-2/h3-4,6-11,13H,5H2,1-2H3/t6-,7?,8?,9+,10-,11-/m0/s1. The number of fused-ring (bicyclic) bond motifs is 5. The maximum Gasteiger partial charge on any atom is 0.323 e. The van der Waals surface area contributed by atoms with Crippen LogP contribution >= 0.6 is 0 Å². The molecule has 1 aliphatic heterocycles. The zero-order valence-corrected chi connectivity index (χ0v) is 9.14. The monoisotopic (exact) mass is 207 g/mol. The van der Waals surface area contributed by atoms with Crippen molar-refractivity contribution < 1.29 is 9.53 Å². The molecule has 3 rings (SSSR count). The van der Waals surface area contributed by atoms with Gasteiger partial charge in [-0.15, -0.1) is 0 Å². The van der Waals surface area contributed by atoms with E-state index >= 15 is 0 Å². The fourth-order valence-corrected chi connectivity index (χ4v) is 3.93. The molecule has 15 heavy (non-hydrogen) atoms. The van der Waals surface area contributed by atoms with Crippen molar-refractivity contribution in [2.24, 2.45) is 29.6 Å². The Morgan fingerprint density at radius 3 is 2.87 bits per heavy atom. The number of hydrogen-bond acceptors (Lipinski definition) is 3. The van der Waals surface area contributed by atoms with Crippen molar-refractivity contribution in [3.8, 4) is 0 Å². The van der Waals surface area contributed by atoms with Crippen molar-refractivity contribution in [1.82, 2.24) is 5.32 Å². The van der Waals surface area contributed by atoms with Gasteiger partial charge in [0, 0.05) is 0 Å². The molecule has 1 saturated heterocycles. The minimum absolute atomic E-state index is 0.0672. The van der Waals surface area contributed by atoms with Crippen LogP contribution in [-0.2, 0) is 9.53 Å². The summed E-state index contributed by atoms with van der Waals surface area (Å²) >= 11 is 0. The lowest BCUT2D eigenvalue weighted by molar-refractivity contribution is -0.144. The molecule has 3 aliphatic rings. The molecule has 2 bridgehead atoms. The van der Waals surface area contributed by atoms with Crippen LogP contribution in [-0.4, -0.2) is 25.7 Å². The van der Waals surface area contributed by atoms with Crippen molar-refractivity contribution in [3.05, 3.63) is 12.2 Å². The first-order chi connectivity index (χ1) is 7.24. The van der Waals surface area contributed by atoms with Crippen LogP contribution in [0.5, 0.6) is 0 Å². The molecule has 3 nitrogen and oxygen atoms in total. The van der Waals surface area contributed by atoms with Crippen molar-refractivity contribution in [2.75, 3.05) is 13.7 Å². The Morgan fingerprint density at radius 1 is 1.40 bits per heavy atom. The summed E-state index contributed by atoms with van der Waals surface area (Å²) in [6, 6.07) is -0.0672. The number of methoxy groups -OCH3 is 1. The molecule has 2 fully saturated rings. The Morgan fingerprint density at radius 2 is 2.13 bits per heavy atom. The Labute approximate surface area is 89.9 Å². The fraction of sp³-hybridized carbons (Fsp3) is 0.750. The summed E-state index contributed by atoms with van der Waals surface area (Å²) in [5.74, 6) is 3.02. The Hall–Kier alpha value is -0.830. The molecule has 0 aromatic heterocycles. The van der Waals surface area contributed by atoms with Gasteiger partial charge in [0.15, 0.2) is 0 Å².